The minimum Gasteiger partial charge on any atom is -0.403 e. The first kappa shape index (κ1) is 14.0. The zero-order chi connectivity index (χ0) is 10.8. The van der Waals surface area contributed by atoms with Crippen LogP contribution in [0.4, 0.5) is 17.6 Å². The quantitative estimate of drug-likeness (QED) is 0.813. The Morgan fingerprint density at radius 2 is 1.87 bits per heavy atom. The molecule has 0 amide bonds. The van der Waals surface area contributed by atoms with Gasteiger partial charge in [0.05, 0.1) is 0 Å². The molecular formula is C8H8ClF4NO. The topological polar surface area (TPSA) is 35.2 Å². The molecule has 1 rings (SSSR count). The summed E-state index contributed by atoms with van der Waals surface area (Å²) in [4.78, 5) is 0. The molecule has 0 aliphatic heterocycles. The molecule has 1 aromatic carbocycles. The minimum absolute atomic E-state index is 0. The average Bonchev–Trinajstić information content (AvgIpc) is 2.06. The summed E-state index contributed by atoms with van der Waals surface area (Å²) in [7, 11) is 0. The highest BCUT2D eigenvalue weighted by Crippen LogP contribution is 2.25. The van der Waals surface area contributed by atoms with Gasteiger partial charge in [0.15, 0.2) is 11.6 Å². The largest absolute Gasteiger partial charge is 0.573 e. The number of ether oxygens (including phenoxy) is 1. The van der Waals surface area contributed by atoms with Crippen LogP contribution in [0.2, 0.25) is 0 Å². The Balaban J connectivity index is 0.00000196. The van der Waals surface area contributed by atoms with Gasteiger partial charge < -0.3 is 10.5 Å². The van der Waals surface area contributed by atoms with Crippen molar-refractivity contribution >= 4 is 12.4 Å². The van der Waals surface area contributed by atoms with Crippen molar-refractivity contribution in [3.63, 3.8) is 0 Å². The van der Waals surface area contributed by atoms with Crippen LogP contribution in [0.5, 0.6) is 5.75 Å². The number of nitrogens with two attached hydrogens (primary N) is 1. The first-order valence-corrected chi connectivity index (χ1v) is 3.66. The normalized spacial score (nSPS) is 10.7. The molecule has 0 atom stereocenters. The zero-order valence-corrected chi connectivity index (χ0v) is 8.16. The molecule has 0 heterocycles. The second kappa shape index (κ2) is 5.18. The van der Waals surface area contributed by atoms with E-state index in [2.05, 4.69) is 4.74 Å². The van der Waals surface area contributed by atoms with E-state index in [0.717, 1.165) is 12.1 Å². The van der Waals surface area contributed by atoms with Crippen LogP contribution in [0, 0.1) is 5.82 Å². The molecule has 0 saturated heterocycles. The van der Waals surface area contributed by atoms with Gasteiger partial charge in [-0.2, -0.15) is 0 Å². The van der Waals surface area contributed by atoms with Gasteiger partial charge >= 0.3 is 6.36 Å². The van der Waals surface area contributed by atoms with Crippen LogP contribution in [0.15, 0.2) is 18.2 Å². The summed E-state index contributed by atoms with van der Waals surface area (Å²) in [6, 6.07) is 3.07. The maximum atomic E-state index is 12.9. The van der Waals surface area contributed by atoms with Crippen LogP contribution in [0.3, 0.4) is 0 Å². The maximum Gasteiger partial charge on any atom is 0.573 e. The SMILES string of the molecule is Cl.NCc1ccc(OC(F)(F)F)c(F)c1. The van der Waals surface area contributed by atoms with Crippen LogP contribution in [0.1, 0.15) is 5.56 Å². The fourth-order valence-corrected chi connectivity index (χ4v) is 0.879. The van der Waals surface area contributed by atoms with Gasteiger partial charge in [-0.05, 0) is 17.7 Å². The molecule has 1 aromatic rings. The Morgan fingerprint density at radius 1 is 1.27 bits per heavy atom. The predicted octanol–water partition coefficient (Wildman–Crippen LogP) is 2.60. The van der Waals surface area contributed by atoms with Gasteiger partial charge in [-0.3, -0.25) is 0 Å². The van der Waals surface area contributed by atoms with Gasteiger partial charge in [0.1, 0.15) is 0 Å². The second-order valence-electron chi connectivity index (χ2n) is 2.52. The van der Waals surface area contributed by atoms with E-state index in [9.17, 15) is 17.6 Å². The lowest BCUT2D eigenvalue weighted by atomic mass is 10.2. The van der Waals surface area contributed by atoms with E-state index in [1.807, 2.05) is 0 Å². The molecule has 0 aliphatic carbocycles. The van der Waals surface area contributed by atoms with Crippen molar-refractivity contribution in [3.05, 3.63) is 29.6 Å². The van der Waals surface area contributed by atoms with Gasteiger partial charge in [-0.1, -0.05) is 6.07 Å². The predicted molar refractivity (Wildman–Crippen MR) is 48.2 cm³/mol. The van der Waals surface area contributed by atoms with E-state index in [4.69, 9.17) is 5.73 Å². The zero-order valence-electron chi connectivity index (χ0n) is 7.34. The van der Waals surface area contributed by atoms with Gasteiger partial charge in [0.25, 0.3) is 0 Å². The van der Waals surface area contributed by atoms with Crippen molar-refractivity contribution in [2.45, 2.75) is 12.9 Å². The third-order valence-corrected chi connectivity index (χ3v) is 1.46. The lowest BCUT2D eigenvalue weighted by Crippen LogP contribution is -2.18. The maximum absolute atomic E-state index is 12.9. The summed E-state index contributed by atoms with van der Waals surface area (Å²) in [5.41, 5.74) is 5.57. The molecule has 0 radical (unpaired) electrons. The van der Waals surface area contributed by atoms with Gasteiger partial charge in [0, 0.05) is 6.54 Å². The van der Waals surface area contributed by atoms with Crippen molar-refractivity contribution < 1.29 is 22.3 Å². The Labute approximate surface area is 89.4 Å². The van der Waals surface area contributed by atoms with Gasteiger partial charge in [-0.25, -0.2) is 4.39 Å². The molecule has 0 fully saturated rings. The number of halogens is 5. The fourth-order valence-electron chi connectivity index (χ4n) is 0.879. The summed E-state index contributed by atoms with van der Waals surface area (Å²) in [5, 5.41) is 0. The van der Waals surface area contributed by atoms with Crippen molar-refractivity contribution in [3.8, 4) is 5.75 Å². The standard InChI is InChI=1S/C8H7F4NO.ClH/c9-6-3-5(4-13)1-2-7(6)14-8(10,11)12;/h1-3H,4,13H2;1H. The van der Waals surface area contributed by atoms with Crippen LogP contribution in [-0.2, 0) is 6.54 Å². The minimum atomic E-state index is -4.88. The summed E-state index contributed by atoms with van der Waals surface area (Å²) in [6.07, 6.45) is -4.88. The molecule has 0 spiro atoms. The summed E-state index contributed by atoms with van der Waals surface area (Å²) in [6.45, 7) is 0.0587. The number of rotatable bonds is 2. The highest BCUT2D eigenvalue weighted by molar-refractivity contribution is 5.85. The summed E-state index contributed by atoms with van der Waals surface area (Å²) < 4.78 is 51.4. The van der Waals surface area contributed by atoms with E-state index in [0.29, 0.717) is 5.56 Å². The lowest BCUT2D eigenvalue weighted by Gasteiger charge is -2.09. The van der Waals surface area contributed by atoms with E-state index < -0.39 is 17.9 Å². The molecule has 0 bridgehead atoms. The molecule has 0 aliphatic rings. The molecule has 0 aromatic heterocycles. The van der Waals surface area contributed by atoms with Crippen LogP contribution in [0.25, 0.3) is 0 Å². The number of benzene rings is 1. The molecule has 15 heavy (non-hydrogen) atoms. The first-order chi connectivity index (χ1) is 6.42. The molecule has 0 saturated carbocycles. The van der Waals surface area contributed by atoms with Crippen molar-refractivity contribution in [2.75, 3.05) is 0 Å². The molecular weight excluding hydrogens is 238 g/mol. The Hall–Kier alpha value is -1.01. The second-order valence-corrected chi connectivity index (χ2v) is 2.52. The fraction of sp³-hybridized carbons (Fsp3) is 0.250. The molecule has 2 N–H and O–H groups in total. The van der Waals surface area contributed by atoms with Crippen LogP contribution >= 0.6 is 12.4 Å². The third-order valence-electron chi connectivity index (χ3n) is 1.46. The number of hydrogen-bond acceptors (Lipinski definition) is 2. The molecule has 2 nitrogen and oxygen atoms in total. The summed E-state index contributed by atoms with van der Waals surface area (Å²) >= 11 is 0. The van der Waals surface area contributed by atoms with Crippen molar-refractivity contribution in [1.29, 1.82) is 0 Å². The van der Waals surface area contributed by atoms with E-state index in [1.165, 1.54) is 6.07 Å². The van der Waals surface area contributed by atoms with Gasteiger partial charge in [-0.15, -0.1) is 25.6 Å². The van der Waals surface area contributed by atoms with E-state index in [-0.39, 0.29) is 19.0 Å². The highest BCUT2D eigenvalue weighted by Gasteiger charge is 2.32. The average molecular weight is 246 g/mol. The molecule has 0 unspecified atom stereocenters. The van der Waals surface area contributed by atoms with Crippen molar-refractivity contribution in [2.24, 2.45) is 5.73 Å². The molecule has 86 valence electrons. The highest BCUT2D eigenvalue weighted by atomic mass is 35.5. The summed E-state index contributed by atoms with van der Waals surface area (Å²) in [5.74, 6) is -1.93. The van der Waals surface area contributed by atoms with Crippen molar-refractivity contribution in [1.82, 2.24) is 0 Å². The van der Waals surface area contributed by atoms with Gasteiger partial charge in [0.2, 0.25) is 0 Å². The third kappa shape index (κ3) is 4.35. The van der Waals surface area contributed by atoms with E-state index >= 15 is 0 Å². The first-order valence-electron chi connectivity index (χ1n) is 3.66. The number of hydrogen-bond donors (Lipinski definition) is 1. The number of alkyl halides is 3. The molecule has 7 heteroatoms. The Morgan fingerprint density at radius 3 is 2.27 bits per heavy atom. The Kier molecular flexibility index (Phi) is 4.83. The Bertz CT molecular complexity index is 329. The lowest BCUT2D eigenvalue weighted by molar-refractivity contribution is -0.275. The van der Waals surface area contributed by atoms with Crippen LogP contribution in [-0.4, -0.2) is 6.36 Å². The smallest absolute Gasteiger partial charge is 0.403 e. The van der Waals surface area contributed by atoms with Crippen LogP contribution < -0.4 is 10.5 Å². The monoisotopic (exact) mass is 245 g/mol. The van der Waals surface area contributed by atoms with E-state index in [1.54, 1.807) is 0 Å².